The molecule has 3 heteroatoms. The predicted molar refractivity (Wildman–Crippen MR) is 85.2 cm³/mol. The summed E-state index contributed by atoms with van der Waals surface area (Å²) in [6.07, 6.45) is 6.49. The van der Waals surface area contributed by atoms with Gasteiger partial charge in [0.05, 0.1) is 12.3 Å². The van der Waals surface area contributed by atoms with E-state index in [0.29, 0.717) is 12.6 Å². The van der Waals surface area contributed by atoms with Crippen molar-refractivity contribution in [3.63, 3.8) is 0 Å². The zero-order chi connectivity index (χ0) is 14.4. The molecular weight excluding hydrogens is 248 g/mol. The van der Waals surface area contributed by atoms with E-state index in [9.17, 15) is 0 Å². The van der Waals surface area contributed by atoms with Crippen molar-refractivity contribution in [1.82, 2.24) is 5.32 Å². The molecule has 20 heavy (non-hydrogen) atoms. The van der Waals surface area contributed by atoms with Crippen LogP contribution in [0.1, 0.15) is 45.1 Å². The summed E-state index contributed by atoms with van der Waals surface area (Å²) in [4.78, 5) is 0. The predicted octanol–water partition coefficient (Wildman–Crippen LogP) is 3.38. The van der Waals surface area contributed by atoms with Gasteiger partial charge in [-0.3, -0.25) is 0 Å². The van der Waals surface area contributed by atoms with Crippen LogP contribution in [0.15, 0.2) is 18.2 Å². The molecule has 1 saturated carbocycles. The Morgan fingerprint density at radius 1 is 1.30 bits per heavy atom. The highest BCUT2D eigenvalue weighted by Crippen LogP contribution is 2.24. The number of benzene rings is 1. The van der Waals surface area contributed by atoms with Crippen LogP contribution in [0.3, 0.4) is 0 Å². The van der Waals surface area contributed by atoms with Gasteiger partial charge in [-0.15, -0.1) is 0 Å². The second kappa shape index (κ2) is 7.53. The van der Waals surface area contributed by atoms with Gasteiger partial charge in [-0.2, -0.15) is 0 Å². The highest BCUT2D eigenvalue weighted by Gasteiger charge is 2.20. The van der Waals surface area contributed by atoms with E-state index >= 15 is 0 Å². The Morgan fingerprint density at radius 2 is 2.10 bits per heavy atom. The summed E-state index contributed by atoms with van der Waals surface area (Å²) in [5.74, 6) is 1.61. The molecule has 3 N–H and O–H groups in total. The van der Waals surface area contributed by atoms with Gasteiger partial charge >= 0.3 is 0 Å². The standard InChI is InChI=1S/C17H28N2O/c1-3-20-17-9-8-14(12-15(17)18)10-11-19-16-7-5-4-6-13(16)2/h8-9,12-13,16,19H,3-7,10-11,18H2,1-2H3. The minimum absolute atomic E-state index is 0.657. The average molecular weight is 276 g/mol. The Bertz CT molecular complexity index is 419. The van der Waals surface area contributed by atoms with E-state index in [1.807, 2.05) is 19.1 Å². The van der Waals surface area contributed by atoms with E-state index < -0.39 is 0 Å². The number of hydrogen-bond acceptors (Lipinski definition) is 3. The van der Waals surface area contributed by atoms with Crippen molar-refractivity contribution in [1.29, 1.82) is 0 Å². The van der Waals surface area contributed by atoms with Crippen LogP contribution in [0.25, 0.3) is 0 Å². The van der Waals surface area contributed by atoms with Gasteiger partial charge in [-0.05, 0) is 56.3 Å². The maximum atomic E-state index is 6.00. The Labute approximate surface area is 122 Å². The van der Waals surface area contributed by atoms with Gasteiger partial charge in [0.1, 0.15) is 5.75 Å². The van der Waals surface area contributed by atoms with Gasteiger partial charge in [0, 0.05) is 6.04 Å². The van der Waals surface area contributed by atoms with Crippen molar-refractivity contribution in [2.75, 3.05) is 18.9 Å². The van der Waals surface area contributed by atoms with Crippen LogP contribution in [-0.2, 0) is 6.42 Å². The average Bonchev–Trinajstić information content (AvgIpc) is 2.44. The third-order valence-corrected chi connectivity index (χ3v) is 4.31. The number of ether oxygens (including phenoxy) is 1. The van der Waals surface area contributed by atoms with Gasteiger partial charge in [0.25, 0.3) is 0 Å². The van der Waals surface area contributed by atoms with Crippen LogP contribution >= 0.6 is 0 Å². The Balaban J connectivity index is 1.80. The van der Waals surface area contributed by atoms with Crippen LogP contribution in [0.5, 0.6) is 5.75 Å². The highest BCUT2D eigenvalue weighted by atomic mass is 16.5. The smallest absolute Gasteiger partial charge is 0.142 e. The van der Waals surface area contributed by atoms with Crippen LogP contribution in [0.4, 0.5) is 5.69 Å². The number of nitrogen functional groups attached to an aromatic ring is 1. The normalized spacial score (nSPS) is 22.7. The lowest BCUT2D eigenvalue weighted by Crippen LogP contribution is -2.38. The number of hydrogen-bond donors (Lipinski definition) is 2. The maximum absolute atomic E-state index is 6.00. The van der Waals surface area contributed by atoms with E-state index in [-0.39, 0.29) is 0 Å². The zero-order valence-electron chi connectivity index (χ0n) is 12.8. The van der Waals surface area contributed by atoms with Gasteiger partial charge in [0.15, 0.2) is 0 Å². The van der Waals surface area contributed by atoms with E-state index in [0.717, 1.165) is 30.3 Å². The Hall–Kier alpha value is -1.22. The molecular formula is C17H28N2O. The first-order valence-corrected chi connectivity index (χ1v) is 7.95. The van der Waals surface area contributed by atoms with Crippen molar-refractivity contribution in [3.05, 3.63) is 23.8 Å². The van der Waals surface area contributed by atoms with Gasteiger partial charge in [-0.1, -0.05) is 25.8 Å². The van der Waals surface area contributed by atoms with E-state index in [4.69, 9.17) is 10.5 Å². The first-order valence-electron chi connectivity index (χ1n) is 7.95. The summed E-state index contributed by atoms with van der Waals surface area (Å²) >= 11 is 0. The summed E-state index contributed by atoms with van der Waals surface area (Å²) in [5.41, 5.74) is 8.02. The quantitative estimate of drug-likeness (QED) is 0.783. The third-order valence-electron chi connectivity index (χ3n) is 4.31. The molecule has 2 atom stereocenters. The fourth-order valence-corrected chi connectivity index (χ4v) is 3.06. The molecule has 0 bridgehead atoms. The summed E-state index contributed by atoms with van der Waals surface area (Å²) < 4.78 is 5.46. The molecule has 1 aromatic rings. The lowest BCUT2D eigenvalue weighted by Gasteiger charge is -2.29. The van der Waals surface area contributed by atoms with E-state index in [1.54, 1.807) is 0 Å². The monoisotopic (exact) mass is 276 g/mol. The Morgan fingerprint density at radius 3 is 2.80 bits per heavy atom. The fraction of sp³-hybridized carbons (Fsp3) is 0.647. The molecule has 0 aromatic heterocycles. The lowest BCUT2D eigenvalue weighted by molar-refractivity contribution is 0.282. The first-order chi connectivity index (χ1) is 9.70. The summed E-state index contributed by atoms with van der Waals surface area (Å²) in [7, 11) is 0. The minimum Gasteiger partial charge on any atom is -0.492 e. The van der Waals surface area contributed by atoms with Gasteiger partial charge in [-0.25, -0.2) is 0 Å². The van der Waals surface area contributed by atoms with Crippen LogP contribution < -0.4 is 15.8 Å². The van der Waals surface area contributed by atoms with Crippen molar-refractivity contribution < 1.29 is 4.74 Å². The van der Waals surface area contributed by atoms with Crippen molar-refractivity contribution >= 4 is 5.69 Å². The third kappa shape index (κ3) is 4.14. The molecule has 0 aliphatic heterocycles. The largest absolute Gasteiger partial charge is 0.492 e. The molecule has 1 aliphatic rings. The Kier molecular flexibility index (Phi) is 5.72. The summed E-state index contributed by atoms with van der Waals surface area (Å²) in [6.45, 7) is 6.03. The molecule has 0 heterocycles. The zero-order valence-corrected chi connectivity index (χ0v) is 12.8. The molecule has 0 amide bonds. The lowest BCUT2D eigenvalue weighted by atomic mass is 9.86. The van der Waals surface area contributed by atoms with E-state index in [1.165, 1.54) is 31.2 Å². The number of anilines is 1. The number of rotatable bonds is 6. The van der Waals surface area contributed by atoms with E-state index in [2.05, 4.69) is 18.3 Å². The summed E-state index contributed by atoms with van der Waals surface area (Å²) in [6, 6.07) is 6.84. The second-order valence-corrected chi connectivity index (χ2v) is 5.88. The number of nitrogens with one attached hydrogen (secondary N) is 1. The van der Waals surface area contributed by atoms with Gasteiger partial charge < -0.3 is 15.8 Å². The number of nitrogens with two attached hydrogens (primary N) is 1. The fourth-order valence-electron chi connectivity index (χ4n) is 3.06. The molecule has 1 fully saturated rings. The second-order valence-electron chi connectivity index (χ2n) is 5.88. The molecule has 0 radical (unpaired) electrons. The summed E-state index contributed by atoms with van der Waals surface area (Å²) in [5, 5.41) is 3.71. The molecule has 1 aromatic carbocycles. The molecule has 2 rings (SSSR count). The molecule has 112 valence electrons. The minimum atomic E-state index is 0.657. The van der Waals surface area contributed by atoms with Crippen molar-refractivity contribution in [2.45, 2.75) is 52.0 Å². The molecule has 0 spiro atoms. The van der Waals surface area contributed by atoms with Crippen LogP contribution in [-0.4, -0.2) is 19.2 Å². The van der Waals surface area contributed by atoms with Crippen LogP contribution in [0, 0.1) is 5.92 Å². The molecule has 0 saturated heterocycles. The first kappa shape index (κ1) is 15.2. The molecule has 1 aliphatic carbocycles. The van der Waals surface area contributed by atoms with Crippen LogP contribution in [0.2, 0.25) is 0 Å². The maximum Gasteiger partial charge on any atom is 0.142 e. The SMILES string of the molecule is CCOc1ccc(CCNC2CCCCC2C)cc1N. The van der Waals surface area contributed by atoms with Crippen molar-refractivity contribution in [2.24, 2.45) is 5.92 Å². The van der Waals surface area contributed by atoms with Gasteiger partial charge in [0.2, 0.25) is 0 Å². The highest BCUT2D eigenvalue weighted by molar-refractivity contribution is 5.54. The topological polar surface area (TPSA) is 47.3 Å². The molecule has 3 nitrogen and oxygen atoms in total. The van der Waals surface area contributed by atoms with Crippen molar-refractivity contribution in [3.8, 4) is 5.75 Å². The molecule has 2 unspecified atom stereocenters.